The molecule has 3 rings (SSSR count). The second kappa shape index (κ2) is 7.96. The van der Waals surface area contributed by atoms with Crippen molar-refractivity contribution in [3.63, 3.8) is 0 Å². The molecule has 140 valence electrons. The first-order chi connectivity index (χ1) is 12.5. The number of aromatic hydroxyl groups is 1. The van der Waals surface area contributed by atoms with E-state index in [0.29, 0.717) is 12.3 Å². The van der Waals surface area contributed by atoms with E-state index in [-0.39, 0.29) is 5.78 Å². The highest BCUT2D eigenvalue weighted by Gasteiger charge is 2.22. The Bertz CT molecular complexity index is 756. The van der Waals surface area contributed by atoms with Crippen LogP contribution in [0.5, 0.6) is 5.75 Å². The first-order valence-corrected chi connectivity index (χ1v) is 9.46. The molecule has 2 heterocycles. The van der Waals surface area contributed by atoms with E-state index in [4.69, 9.17) is 0 Å². The van der Waals surface area contributed by atoms with Gasteiger partial charge in [-0.05, 0) is 50.6 Å². The SMILES string of the molecule is CCCn1c(C)cc(C(=O)CN2CCN(c3ccc(O)cc3)CC2)c1C. The van der Waals surface area contributed by atoms with Crippen LogP contribution in [0.1, 0.15) is 35.1 Å². The van der Waals surface area contributed by atoms with Crippen molar-refractivity contribution < 1.29 is 9.90 Å². The summed E-state index contributed by atoms with van der Waals surface area (Å²) in [6, 6.07) is 9.37. The Balaban J connectivity index is 1.58. The number of hydrogen-bond donors (Lipinski definition) is 1. The molecule has 0 radical (unpaired) electrons. The summed E-state index contributed by atoms with van der Waals surface area (Å²) in [6.45, 7) is 11.3. The quantitative estimate of drug-likeness (QED) is 0.808. The number of carbonyl (C=O) groups excluding carboxylic acids is 1. The smallest absolute Gasteiger partial charge is 0.178 e. The van der Waals surface area contributed by atoms with Crippen molar-refractivity contribution >= 4 is 11.5 Å². The Hall–Kier alpha value is -2.27. The number of aromatic nitrogens is 1. The van der Waals surface area contributed by atoms with E-state index in [1.807, 2.05) is 18.2 Å². The zero-order valence-corrected chi connectivity index (χ0v) is 16.0. The first-order valence-electron chi connectivity index (χ1n) is 9.46. The minimum Gasteiger partial charge on any atom is -0.508 e. The lowest BCUT2D eigenvalue weighted by Gasteiger charge is -2.35. The molecule has 1 fully saturated rings. The van der Waals surface area contributed by atoms with E-state index in [9.17, 15) is 9.90 Å². The fourth-order valence-electron chi connectivity index (χ4n) is 3.77. The van der Waals surface area contributed by atoms with E-state index in [0.717, 1.165) is 56.1 Å². The molecule has 0 atom stereocenters. The lowest BCUT2D eigenvalue weighted by atomic mass is 10.1. The van der Waals surface area contributed by atoms with Crippen LogP contribution in [-0.4, -0.2) is 53.1 Å². The third-order valence-corrected chi connectivity index (χ3v) is 5.28. The van der Waals surface area contributed by atoms with Gasteiger partial charge in [0.25, 0.3) is 0 Å². The maximum atomic E-state index is 12.8. The third kappa shape index (κ3) is 3.93. The van der Waals surface area contributed by atoms with Gasteiger partial charge in [-0.1, -0.05) is 6.92 Å². The molecule has 5 nitrogen and oxygen atoms in total. The number of phenols is 1. The predicted molar refractivity (Wildman–Crippen MR) is 105 cm³/mol. The molecule has 1 aromatic heterocycles. The van der Waals surface area contributed by atoms with Gasteiger partial charge in [-0.2, -0.15) is 0 Å². The van der Waals surface area contributed by atoms with Crippen molar-refractivity contribution in [1.29, 1.82) is 0 Å². The van der Waals surface area contributed by atoms with Crippen LogP contribution < -0.4 is 4.90 Å². The number of carbonyl (C=O) groups is 1. The number of Topliss-reactive ketones (excluding diaryl/α,β-unsaturated/α-hetero) is 1. The maximum absolute atomic E-state index is 12.8. The van der Waals surface area contributed by atoms with Crippen molar-refractivity contribution in [2.45, 2.75) is 33.7 Å². The van der Waals surface area contributed by atoms with Gasteiger partial charge in [0.2, 0.25) is 0 Å². The number of ketones is 1. The standard InChI is InChI=1S/C21H29N3O2/c1-4-9-24-16(2)14-20(17(24)3)21(26)15-22-10-12-23(13-11-22)18-5-7-19(25)8-6-18/h5-8,14,25H,4,9-13,15H2,1-3H3. The molecule has 0 spiro atoms. The highest BCUT2D eigenvalue weighted by Crippen LogP contribution is 2.21. The third-order valence-electron chi connectivity index (χ3n) is 5.28. The molecule has 5 heteroatoms. The van der Waals surface area contributed by atoms with Crippen molar-refractivity contribution in [1.82, 2.24) is 9.47 Å². The summed E-state index contributed by atoms with van der Waals surface area (Å²) in [6.07, 6.45) is 1.07. The van der Waals surface area contributed by atoms with Crippen LogP contribution in [0.4, 0.5) is 5.69 Å². The number of anilines is 1. The summed E-state index contributed by atoms with van der Waals surface area (Å²) in [5.74, 6) is 0.511. The molecule has 0 saturated carbocycles. The van der Waals surface area contributed by atoms with Gasteiger partial charge in [0, 0.05) is 55.4 Å². The molecule has 1 saturated heterocycles. The highest BCUT2D eigenvalue weighted by atomic mass is 16.3. The molecule has 1 N–H and O–H groups in total. The zero-order valence-electron chi connectivity index (χ0n) is 16.0. The molecule has 0 amide bonds. The van der Waals surface area contributed by atoms with E-state index in [1.165, 1.54) is 5.69 Å². The molecular formula is C21H29N3O2. The molecule has 2 aromatic rings. The van der Waals surface area contributed by atoms with Gasteiger partial charge in [-0.3, -0.25) is 9.69 Å². The van der Waals surface area contributed by atoms with E-state index in [1.54, 1.807) is 12.1 Å². The van der Waals surface area contributed by atoms with Crippen LogP contribution in [0, 0.1) is 13.8 Å². The molecule has 26 heavy (non-hydrogen) atoms. The van der Waals surface area contributed by atoms with Crippen molar-refractivity contribution in [2.24, 2.45) is 0 Å². The minimum atomic E-state index is 0.221. The normalized spacial score (nSPS) is 15.4. The summed E-state index contributed by atoms with van der Waals surface area (Å²) in [4.78, 5) is 17.3. The maximum Gasteiger partial charge on any atom is 0.178 e. The average Bonchev–Trinajstić information content (AvgIpc) is 2.92. The summed E-state index contributed by atoms with van der Waals surface area (Å²) in [5, 5.41) is 9.42. The molecule has 1 aromatic carbocycles. The van der Waals surface area contributed by atoms with Crippen LogP contribution in [-0.2, 0) is 6.54 Å². The molecule has 1 aliphatic heterocycles. The average molecular weight is 355 g/mol. The number of aryl methyl sites for hydroxylation is 1. The van der Waals surface area contributed by atoms with E-state index in [2.05, 4.69) is 35.1 Å². The fourth-order valence-corrected chi connectivity index (χ4v) is 3.77. The largest absolute Gasteiger partial charge is 0.508 e. The number of hydrogen-bond acceptors (Lipinski definition) is 4. The van der Waals surface area contributed by atoms with Gasteiger partial charge in [-0.15, -0.1) is 0 Å². The number of rotatable bonds is 6. The molecule has 0 aliphatic carbocycles. The lowest BCUT2D eigenvalue weighted by Crippen LogP contribution is -2.48. The van der Waals surface area contributed by atoms with Gasteiger partial charge in [0.05, 0.1) is 6.54 Å². The second-order valence-corrected chi connectivity index (χ2v) is 7.14. The molecular weight excluding hydrogens is 326 g/mol. The molecule has 0 unspecified atom stereocenters. The Morgan fingerprint density at radius 2 is 1.73 bits per heavy atom. The minimum absolute atomic E-state index is 0.221. The summed E-state index contributed by atoms with van der Waals surface area (Å²) in [5.41, 5.74) is 4.26. The van der Waals surface area contributed by atoms with Gasteiger partial charge in [-0.25, -0.2) is 0 Å². The van der Waals surface area contributed by atoms with Crippen LogP contribution in [0.3, 0.4) is 0 Å². The van der Waals surface area contributed by atoms with Gasteiger partial charge >= 0.3 is 0 Å². The second-order valence-electron chi connectivity index (χ2n) is 7.14. The van der Waals surface area contributed by atoms with Crippen molar-refractivity contribution in [3.8, 4) is 5.75 Å². The summed E-state index contributed by atoms with van der Waals surface area (Å²) < 4.78 is 2.25. The molecule has 0 bridgehead atoms. The summed E-state index contributed by atoms with van der Waals surface area (Å²) in [7, 11) is 0. The van der Waals surface area contributed by atoms with Crippen molar-refractivity contribution in [3.05, 3.63) is 47.3 Å². The Labute approximate surface area is 155 Å². The van der Waals surface area contributed by atoms with Crippen LogP contribution in [0.25, 0.3) is 0 Å². The highest BCUT2D eigenvalue weighted by molar-refractivity contribution is 5.99. The fraction of sp³-hybridized carbons (Fsp3) is 0.476. The number of nitrogens with zero attached hydrogens (tertiary/aromatic N) is 3. The number of phenolic OH excluding ortho intramolecular Hbond substituents is 1. The van der Waals surface area contributed by atoms with Crippen LogP contribution >= 0.6 is 0 Å². The van der Waals surface area contributed by atoms with Crippen molar-refractivity contribution in [2.75, 3.05) is 37.6 Å². The zero-order chi connectivity index (χ0) is 18.7. The monoisotopic (exact) mass is 355 g/mol. The van der Waals surface area contributed by atoms with E-state index < -0.39 is 0 Å². The Kier molecular flexibility index (Phi) is 5.67. The Morgan fingerprint density at radius 3 is 2.35 bits per heavy atom. The number of piperazine rings is 1. The Morgan fingerprint density at radius 1 is 1.08 bits per heavy atom. The first kappa shape index (κ1) is 18.5. The van der Waals surface area contributed by atoms with Crippen LogP contribution in [0.2, 0.25) is 0 Å². The van der Waals surface area contributed by atoms with Gasteiger partial charge in [0.15, 0.2) is 5.78 Å². The van der Waals surface area contributed by atoms with Crippen LogP contribution in [0.15, 0.2) is 30.3 Å². The number of benzene rings is 1. The van der Waals surface area contributed by atoms with Gasteiger partial charge < -0.3 is 14.6 Å². The predicted octanol–water partition coefficient (Wildman–Crippen LogP) is 3.23. The molecule has 1 aliphatic rings. The van der Waals surface area contributed by atoms with E-state index >= 15 is 0 Å². The van der Waals surface area contributed by atoms with Gasteiger partial charge in [0.1, 0.15) is 5.75 Å². The topological polar surface area (TPSA) is 48.7 Å². The lowest BCUT2D eigenvalue weighted by molar-refractivity contribution is 0.0925. The summed E-state index contributed by atoms with van der Waals surface area (Å²) >= 11 is 0.